The molecule has 1 aliphatic carbocycles. The van der Waals surface area contributed by atoms with E-state index in [1.807, 2.05) is 0 Å². The topological polar surface area (TPSA) is 62.2 Å². The van der Waals surface area contributed by atoms with Crippen LogP contribution < -0.4 is 5.32 Å². The minimum absolute atomic E-state index is 0.0421. The lowest BCUT2D eigenvalue weighted by Gasteiger charge is -2.22. The van der Waals surface area contributed by atoms with Crippen LogP contribution in [0.25, 0.3) is 0 Å². The normalized spacial score (nSPS) is 16.5. The number of hydrogen-bond donors (Lipinski definition) is 2. The van der Waals surface area contributed by atoms with Crippen LogP contribution in [0.1, 0.15) is 42.5 Å². The molecule has 1 aromatic rings. The second-order valence-electron chi connectivity index (χ2n) is 4.71. The average Bonchev–Trinajstić information content (AvgIpc) is 2.38. The van der Waals surface area contributed by atoms with Gasteiger partial charge in [0.05, 0.1) is 0 Å². The van der Waals surface area contributed by atoms with Crippen LogP contribution in [0.15, 0.2) is 12.3 Å². The van der Waals surface area contributed by atoms with Gasteiger partial charge in [-0.2, -0.15) is 0 Å². The summed E-state index contributed by atoms with van der Waals surface area (Å²) in [5.41, 5.74) is -0.337. The number of carbonyl (C=O) groups is 1. The first-order chi connectivity index (χ1) is 8.68. The molecule has 0 bridgehead atoms. The summed E-state index contributed by atoms with van der Waals surface area (Å²) in [4.78, 5) is 14.6. The molecule has 2 rings (SSSR count). The van der Waals surface area contributed by atoms with E-state index in [-0.39, 0.29) is 11.4 Å². The lowest BCUT2D eigenvalue weighted by molar-refractivity contribution is 0.0692. The van der Waals surface area contributed by atoms with Crippen LogP contribution in [-0.2, 0) is 0 Å². The number of nitrogens with one attached hydrogen (secondary N) is 1. The number of carboxylic acids is 1. The molecule has 0 saturated heterocycles. The number of aromatic nitrogens is 1. The fourth-order valence-corrected chi connectivity index (χ4v) is 2.36. The van der Waals surface area contributed by atoms with E-state index in [1.165, 1.54) is 31.5 Å². The number of pyridine rings is 1. The molecule has 2 N–H and O–H groups in total. The van der Waals surface area contributed by atoms with Crippen molar-refractivity contribution in [2.24, 2.45) is 5.92 Å². The molecule has 0 amide bonds. The molecular weight excluding hydrogens is 235 g/mol. The second kappa shape index (κ2) is 5.80. The molecule has 98 valence electrons. The van der Waals surface area contributed by atoms with Crippen LogP contribution >= 0.6 is 0 Å². The number of carboxylic acid groups (broad SMARTS) is 1. The number of nitrogens with zero attached hydrogens (tertiary/aromatic N) is 1. The Morgan fingerprint density at radius 2 is 2.17 bits per heavy atom. The zero-order valence-electron chi connectivity index (χ0n) is 10.2. The van der Waals surface area contributed by atoms with Crippen molar-refractivity contribution in [2.45, 2.75) is 32.1 Å². The van der Waals surface area contributed by atoms with Gasteiger partial charge in [0.25, 0.3) is 0 Å². The van der Waals surface area contributed by atoms with Gasteiger partial charge in [0.2, 0.25) is 0 Å². The van der Waals surface area contributed by atoms with Gasteiger partial charge in [0, 0.05) is 12.7 Å². The lowest BCUT2D eigenvalue weighted by atomic mass is 9.89. The van der Waals surface area contributed by atoms with E-state index in [2.05, 4.69) is 10.3 Å². The third kappa shape index (κ3) is 2.97. The van der Waals surface area contributed by atoms with Gasteiger partial charge in [-0.25, -0.2) is 14.2 Å². The molecule has 0 unspecified atom stereocenters. The molecule has 0 atom stereocenters. The zero-order chi connectivity index (χ0) is 13.0. The van der Waals surface area contributed by atoms with Crippen LogP contribution in [0.4, 0.5) is 10.2 Å². The smallest absolute Gasteiger partial charge is 0.338 e. The number of anilines is 1. The largest absolute Gasteiger partial charge is 0.478 e. The molecule has 1 aromatic heterocycles. The van der Waals surface area contributed by atoms with Gasteiger partial charge in [-0.15, -0.1) is 0 Å². The van der Waals surface area contributed by atoms with Crippen LogP contribution in [-0.4, -0.2) is 22.6 Å². The third-order valence-corrected chi connectivity index (χ3v) is 3.40. The summed E-state index contributed by atoms with van der Waals surface area (Å²) in [6, 6.07) is 1.17. The number of hydrogen-bond acceptors (Lipinski definition) is 3. The summed E-state index contributed by atoms with van der Waals surface area (Å²) < 4.78 is 13.8. The van der Waals surface area contributed by atoms with E-state index in [0.717, 1.165) is 12.8 Å². The monoisotopic (exact) mass is 252 g/mol. The van der Waals surface area contributed by atoms with Crippen LogP contribution in [0.5, 0.6) is 0 Å². The molecule has 1 aliphatic rings. The maximum absolute atomic E-state index is 13.8. The summed E-state index contributed by atoms with van der Waals surface area (Å²) >= 11 is 0. The summed E-state index contributed by atoms with van der Waals surface area (Å²) in [5.74, 6) is -1.47. The van der Waals surface area contributed by atoms with Crippen molar-refractivity contribution in [1.82, 2.24) is 4.98 Å². The highest BCUT2D eigenvalue weighted by atomic mass is 19.1. The van der Waals surface area contributed by atoms with Gasteiger partial charge in [-0.3, -0.25) is 0 Å². The number of halogens is 1. The van der Waals surface area contributed by atoms with Crippen molar-refractivity contribution >= 4 is 11.8 Å². The lowest BCUT2D eigenvalue weighted by Crippen LogP contribution is -2.19. The maximum Gasteiger partial charge on any atom is 0.338 e. The quantitative estimate of drug-likeness (QED) is 0.864. The molecule has 1 saturated carbocycles. The average molecular weight is 252 g/mol. The van der Waals surface area contributed by atoms with Gasteiger partial charge in [0.15, 0.2) is 11.6 Å². The SMILES string of the molecule is O=C(O)c1ccnc(NCC2CCCCC2)c1F. The van der Waals surface area contributed by atoms with Gasteiger partial charge >= 0.3 is 5.97 Å². The predicted molar refractivity (Wildman–Crippen MR) is 66.2 cm³/mol. The first kappa shape index (κ1) is 12.8. The fourth-order valence-electron chi connectivity index (χ4n) is 2.36. The maximum atomic E-state index is 13.8. The first-order valence-electron chi connectivity index (χ1n) is 6.30. The standard InChI is InChI=1S/C13H17FN2O2/c14-11-10(13(17)18)6-7-15-12(11)16-8-9-4-2-1-3-5-9/h6-7,9H,1-5,8H2,(H,15,16)(H,17,18). The van der Waals surface area contributed by atoms with Crippen molar-refractivity contribution in [3.8, 4) is 0 Å². The molecule has 1 heterocycles. The van der Waals surface area contributed by atoms with Crippen molar-refractivity contribution in [2.75, 3.05) is 11.9 Å². The fraction of sp³-hybridized carbons (Fsp3) is 0.538. The molecule has 0 aromatic carbocycles. The summed E-state index contributed by atoms with van der Waals surface area (Å²) in [6.07, 6.45) is 7.32. The molecule has 0 spiro atoms. The molecular formula is C13H17FN2O2. The van der Waals surface area contributed by atoms with E-state index in [9.17, 15) is 9.18 Å². The zero-order valence-corrected chi connectivity index (χ0v) is 10.2. The Hall–Kier alpha value is -1.65. The van der Waals surface area contributed by atoms with Crippen LogP contribution in [0, 0.1) is 11.7 Å². The Labute approximate surface area is 105 Å². The summed E-state index contributed by atoms with van der Waals surface area (Å²) in [7, 11) is 0. The third-order valence-electron chi connectivity index (χ3n) is 3.40. The van der Waals surface area contributed by atoms with Gasteiger partial charge in [-0.1, -0.05) is 19.3 Å². The molecule has 1 fully saturated rings. The summed E-state index contributed by atoms with van der Waals surface area (Å²) in [5, 5.41) is 11.7. The highest BCUT2D eigenvalue weighted by molar-refractivity contribution is 5.88. The number of rotatable bonds is 4. The Bertz CT molecular complexity index is 431. The predicted octanol–water partition coefficient (Wildman–Crippen LogP) is 2.91. The van der Waals surface area contributed by atoms with Crippen molar-refractivity contribution in [1.29, 1.82) is 0 Å². The minimum Gasteiger partial charge on any atom is -0.478 e. The van der Waals surface area contributed by atoms with E-state index >= 15 is 0 Å². The van der Waals surface area contributed by atoms with E-state index in [4.69, 9.17) is 5.11 Å². The van der Waals surface area contributed by atoms with Gasteiger partial charge in [0.1, 0.15) is 5.56 Å². The molecule has 0 radical (unpaired) electrons. The molecule has 0 aliphatic heterocycles. The van der Waals surface area contributed by atoms with Crippen molar-refractivity contribution in [3.63, 3.8) is 0 Å². The van der Waals surface area contributed by atoms with E-state index < -0.39 is 11.8 Å². The highest BCUT2D eigenvalue weighted by Crippen LogP contribution is 2.24. The van der Waals surface area contributed by atoms with E-state index in [1.54, 1.807) is 0 Å². The highest BCUT2D eigenvalue weighted by Gasteiger charge is 2.17. The van der Waals surface area contributed by atoms with Gasteiger partial charge in [-0.05, 0) is 24.8 Å². The Kier molecular flexibility index (Phi) is 4.12. The Balaban J connectivity index is 2.00. The molecule has 5 heteroatoms. The number of aromatic carboxylic acids is 1. The van der Waals surface area contributed by atoms with E-state index in [0.29, 0.717) is 12.5 Å². The van der Waals surface area contributed by atoms with Gasteiger partial charge < -0.3 is 10.4 Å². The van der Waals surface area contributed by atoms with Crippen molar-refractivity contribution in [3.05, 3.63) is 23.6 Å². The first-order valence-corrected chi connectivity index (χ1v) is 6.30. The Morgan fingerprint density at radius 1 is 1.44 bits per heavy atom. The minimum atomic E-state index is -1.27. The second-order valence-corrected chi connectivity index (χ2v) is 4.71. The van der Waals surface area contributed by atoms with Crippen molar-refractivity contribution < 1.29 is 14.3 Å². The van der Waals surface area contributed by atoms with Crippen LogP contribution in [0.3, 0.4) is 0 Å². The Morgan fingerprint density at radius 3 is 2.83 bits per heavy atom. The van der Waals surface area contributed by atoms with Crippen LogP contribution in [0.2, 0.25) is 0 Å². The molecule has 4 nitrogen and oxygen atoms in total. The summed E-state index contributed by atoms with van der Waals surface area (Å²) in [6.45, 7) is 0.660. The molecule has 18 heavy (non-hydrogen) atoms.